The Morgan fingerprint density at radius 2 is 1.50 bits per heavy atom. The minimum atomic E-state index is 0.290. The number of hydrogen-bond donors (Lipinski definition) is 0. The molecule has 1 aliphatic carbocycles. The molecule has 0 spiro atoms. The van der Waals surface area contributed by atoms with Crippen LogP contribution in [0.1, 0.15) is 48.5 Å². The highest BCUT2D eigenvalue weighted by Gasteiger charge is 2.53. The second kappa shape index (κ2) is 2.98. The van der Waals surface area contributed by atoms with E-state index in [0.717, 1.165) is 0 Å². The lowest BCUT2D eigenvalue weighted by Crippen LogP contribution is -2.48. The van der Waals surface area contributed by atoms with Gasteiger partial charge in [-0.25, -0.2) is 0 Å². The highest BCUT2D eigenvalue weighted by molar-refractivity contribution is 5.51. The van der Waals surface area contributed by atoms with Crippen molar-refractivity contribution in [2.24, 2.45) is 16.7 Å². The first-order chi connectivity index (χ1) is 6.14. The largest absolute Gasteiger partial charge is 0.0958 e. The normalized spacial score (nSPS) is 23.7. The molecule has 0 saturated carbocycles. The van der Waals surface area contributed by atoms with E-state index in [4.69, 9.17) is 0 Å². The zero-order chi connectivity index (χ0) is 11.3. The fourth-order valence-corrected chi connectivity index (χ4v) is 3.01. The van der Waals surface area contributed by atoms with Crippen LogP contribution in [-0.2, 0) is 0 Å². The van der Waals surface area contributed by atoms with Crippen molar-refractivity contribution in [1.29, 1.82) is 0 Å². The van der Waals surface area contributed by atoms with Crippen molar-refractivity contribution in [2.45, 2.75) is 48.5 Å². The van der Waals surface area contributed by atoms with Crippen LogP contribution in [0.3, 0.4) is 0 Å². The molecule has 0 amide bonds. The molecule has 0 heterocycles. The molecule has 0 fully saturated rings. The van der Waals surface area contributed by atoms with Crippen molar-refractivity contribution in [2.75, 3.05) is 0 Å². The molecule has 0 N–H and O–H groups in total. The summed E-state index contributed by atoms with van der Waals surface area (Å²) in [6, 6.07) is 0. The van der Waals surface area contributed by atoms with Crippen LogP contribution in [0.2, 0.25) is 0 Å². The number of allylic oxidation sites excluding steroid dienone is 3. The van der Waals surface area contributed by atoms with E-state index in [-0.39, 0.29) is 0 Å². The first-order valence-corrected chi connectivity index (χ1v) is 5.55. The van der Waals surface area contributed by atoms with Gasteiger partial charge in [0.2, 0.25) is 0 Å². The molecule has 14 heavy (non-hydrogen) atoms. The predicted molar refractivity (Wildman–Crippen MR) is 64.2 cm³/mol. The number of hydrogen-bond acceptors (Lipinski definition) is 0. The second-order valence-corrected chi connectivity index (χ2v) is 5.97. The summed E-state index contributed by atoms with van der Waals surface area (Å²) >= 11 is 0. The summed E-state index contributed by atoms with van der Waals surface area (Å²) in [5, 5.41) is 0. The Kier molecular flexibility index (Phi) is 2.46. The molecule has 0 nitrogen and oxygen atoms in total. The molecule has 0 saturated heterocycles. The Labute approximate surface area is 89.1 Å². The highest BCUT2D eigenvalue weighted by Crippen LogP contribution is 2.63. The van der Waals surface area contributed by atoms with Crippen LogP contribution in [0, 0.1) is 16.7 Å². The minimum Gasteiger partial charge on any atom is -0.0958 e. The summed E-state index contributed by atoms with van der Waals surface area (Å²) in [6.07, 6.45) is 0. The lowest BCUT2D eigenvalue weighted by molar-refractivity contribution is 0.128. The van der Waals surface area contributed by atoms with E-state index in [1.807, 2.05) is 0 Å². The maximum absolute atomic E-state index is 4.11. The van der Waals surface area contributed by atoms with E-state index >= 15 is 0 Å². The molecule has 0 aromatic heterocycles. The maximum Gasteiger partial charge on any atom is -0.00127 e. The molecule has 0 unspecified atom stereocenters. The van der Waals surface area contributed by atoms with E-state index in [1.165, 1.54) is 11.1 Å². The van der Waals surface area contributed by atoms with Gasteiger partial charge in [0.25, 0.3) is 0 Å². The van der Waals surface area contributed by atoms with Gasteiger partial charge in [0, 0.05) is 0 Å². The topological polar surface area (TPSA) is 0 Å². The summed E-state index contributed by atoms with van der Waals surface area (Å²) < 4.78 is 0. The van der Waals surface area contributed by atoms with Crippen molar-refractivity contribution >= 4 is 0 Å². The molecular formula is C14H24. The van der Waals surface area contributed by atoms with E-state index in [2.05, 4.69) is 55.0 Å². The van der Waals surface area contributed by atoms with Crippen molar-refractivity contribution in [3.8, 4) is 0 Å². The summed E-state index contributed by atoms with van der Waals surface area (Å²) in [4.78, 5) is 0. The first-order valence-electron chi connectivity index (χ1n) is 5.55. The average Bonchev–Trinajstić information content (AvgIpc) is 1.97. The average molecular weight is 192 g/mol. The zero-order valence-corrected chi connectivity index (χ0v) is 10.8. The monoisotopic (exact) mass is 192 g/mol. The third-order valence-corrected chi connectivity index (χ3v) is 4.13. The lowest BCUT2D eigenvalue weighted by atomic mass is 9.46. The van der Waals surface area contributed by atoms with Gasteiger partial charge in [-0.05, 0) is 29.2 Å². The molecule has 0 atom stereocenters. The third kappa shape index (κ3) is 1.20. The summed E-state index contributed by atoms with van der Waals surface area (Å²) in [7, 11) is 0. The fraction of sp³-hybridized carbons (Fsp3) is 0.714. The number of rotatable bonds is 2. The van der Waals surface area contributed by atoms with E-state index in [9.17, 15) is 0 Å². The smallest absolute Gasteiger partial charge is 0.00127 e. The molecule has 1 rings (SSSR count). The van der Waals surface area contributed by atoms with Gasteiger partial charge >= 0.3 is 0 Å². The van der Waals surface area contributed by atoms with Gasteiger partial charge in [-0.15, -0.1) is 0 Å². The molecule has 0 bridgehead atoms. The van der Waals surface area contributed by atoms with Crippen LogP contribution in [0.4, 0.5) is 0 Å². The van der Waals surface area contributed by atoms with Gasteiger partial charge in [0.1, 0.15) is 0 Å². The quantitative estimate of drug-likeness (QED) is 0.600. The van der Waals surface area contributed by atoms with Crippen molar-refractivity contribution in [3.63, 3.8) is 0 Å². The molecule has 0 radical (unpaired) electrons. The van der Waals surface area contributed by atoms with E-state index in [1.54, 1.807) is 5.57 Å². The predicted octanol–water partition coefficient (Wildman–Crippen LogP) is 4.58. The fourth-order valence-electron chi connectivity index (χ4n) is 3.01. The standard InChI is InChI=1S/C14H24/c1-9(2)11-12(10(3)4)14(7,8)13(11,5)6/h10H,1H2,2-8H3. The molecule has 1 aliphatic rings. The summed E-state index contributed by atoms with van der Waals surface area (Å²) in [5.74, 6) is 0.643. The molecule has 0 aliphatic heterocycles. The lowest BCUT2D eigenvalue weighted by Gasteiger charge is -2.58. The summed E-state index contributed by atoms with van der Waals surface area (Å²) in [5.41, 5.74) is 4.99. The van der Waals surface area contributed by atoms with E-state index in [0.29, 0.717) is 16.7 Å². The minimum absolute atomic E-state index is 0.290. The molecule has 0 aromatic rings. The van der Waals surface area contributed by atoms with Crippen molar-refractivity contribution in [1.82, 2.24) is 0 Å². The Hall–Kier alpha value is -0.520. The van der Waals surface area contributed by atoms with Gasteiger partial charge < -0.3 is 0 Å². The Bertz CT molecular complexity index is 298. The van der Waals surface area contributed by atoms with Gasteiger partial charge in [-0.2, -0.15) is 0 Å². The summed E-state index contributed by atoms with van der Waals surface area (Å²) in [6.45, 7) is 20.2. The molecule has 0 aromatic carbocycles. The van der Waals surface area contributed by atoms with Crippen LogP contribution in [-0.4, -0.2) is 0 Å². The van der Waals surface area contributed by atoms with Crippen LogP contribution in [0.25, 0.3) is 0 Å². The zero-order valence-electron chi connectivity index (χ0n) is 10.8. The second-order valence-electron chi connectivity index (χ2n) is 5.97. The van der Waals surface area contributed by atoms with Crippen LogP contribution in [0.15, 0.2) is 23.3 Å². The highest BCUT2D eigenvalue weighted by atomic mass is 14.6. The van der Waals surface area contributed by atoms with Crippen LogP contribution >= 0.6 is 0 Å². The van der Waals surface area contributed by atoms with Gasteiger partial charge in [-0.3, -0.25) is 0 Å². The van der Waals surface area contributed by atoms with Crippen molar-refractivity contribution in [3.05, 3.63) is 23.3 Å². The van der Waals surface area contributed by atoms with Gasteiger partial charge in [0.15, 0.2) is 0 Å². The molecule has 80 valence electrons. The van der Waals surface area contributed by atoms with Gasteiger partial charge in [-0.1, -0.05) is 59.3 Å². The third-order valence-electron chi connectivity index (χ3n) is 4.13. The molecular weight excluding hydrogens is 168 g/mol. The van der Waals surface area contributed by atoms with Crippen LogP contribution < -0.4 is 0 Å². The molecule has 0 heteroatoms. The van der Waals surface area contributed by atoms with Gasteiger partial charge in [0.05, 0.1) is 0 Å². The Morgan fingerprint density at radius 1 is 1.07 bits per heavy atom. The SMILES string of the molecule is C=C(C)C1=C(C(C)C)C(C)(C)C1(C)C. The Balaban J connectivity index is 3.32. The maximum atomic E-state index is 4.11. The first kappa shape index (κ1) is 11.6. The van der Waals surface area contributed by atoms with E-state index < -0.39 is 0 Å². The van der Waals surface area contributed by atoms with Crippen molar-refractivity contribution < 1.29 is 0 Å². The Morgan fingerprint density at radius 3 is 1.71 bits per heavy atom. The van der Waals surface area contributed by atoms with Crippen LogP contribution in [0.5, 0.6) is 0 Å².